The summed E-state index contributed by atoms with van der Waals surface area (Å²) < 4.78 is 14.3. The van der Waals surface area contributed by atoms with Gasteiger partial charge in [-0.05, 0) is 49.2 Å². The van der Waals surface area contributed by atoms with E-state index in [0.717, 1.165) is 5.56 Å². The summed E-state index contributed by atoms with van der Waals surface area (Å²) in [5.74, 6) is -0.177. The number of hydrogen-bond donors (Lipinski definition) is 2. The summed E-state index contributed by atoms with van der Waals surface area (Å²) in [5, 5.41) is 13.9. The number of rotatable bonds is 7. The van der Waals surface area contributed by atoms with Crippen LogP contribution in [0.4, 0.5) is 10.2 Å². The molecule has 0 saturated carbocycles. The van der Waals surface area contributed by atoms with Gasteiger partial charge >= 0.3 is 0 Å². The molecule has 0 bridgehead atoms. The van der Waals surface area contributed by atoms with Gasteiger partial charge in [0, 0.05) is 39.3 Å². The van der Waals surface area contributed by atoms with Crippen LogP contribution in [0.25, 0.3) is 0 Å². The Hall–Kier alpha value is -3.33. The topological polar surface area (TPSA) is 90.5 Å². The van der Waals surface area contributed by atoms with Crippen molar-refractivity contribution in [2.45, 2.75) is 25.9 Å². The van der Waals surface area contributed by atoms with Gasteiger partial charge in [-0.2, -0.15) is 0 Å². The maximum atomic E-state index is 14.3. The Bertz CT molecular complexity index is 981. The maximum Gasteiger partial charge on any atom is 0.271 e. The lowest BCUT2D eigenvalue weighted by Gasteiger charge is -2.40. The largest absolute Gasteiger partial charge is 0.360 e. The number of amides is 2. The van der Waals surface area contributed by atoms with Crippen LogP contribution in [-0.2, 0) is 4.79 Å². The minimum atomic E-state index is -0.317. The number of carbonyl (C=O) groups is 2. The summed E-state index contributed by atoms with van der Waals surface area (Å²) in [4.78, 5) is 27.8. The average molecular weight is 441 g/mol. The molecule has 8 nitrogen and oxygen atoms in total. The summed E-state index contributed by atoms with van der Waals surface area (Å²) >= 11 is 0. The van der Waals surface area contributed by atoms with Crippen molar-refractivity contribution in [1.82, 2.24) is 25.3 Å². The fraction of sp³-hybridized carbons (Fsp3) is 0.391. The van der Waals surface area contributed by atoms with Crippen molar-refractivity contribution in [3.05, 3.63) is 65.6 Å². The van der Waals surface area contributed by atoms with E-state index in [-0.39, 0.29) is 35.4 Å². The van der Waals surface area contributed by atoms with Gasteiger partial charge < -0.3 is 15.5 Å². The summed E-state index contributed by atoms with van der Waals surface area (Å²) in [5.41, 5.74) is 1.57. The van der Waals surface area contributed by atoms with E-state index in [1.165, 1.54) is 19.2 Å². The van der Waals surface area contributed by atoms with Crippen LogP contribution >= 0.6 is 0 Å². The molecule has 2 atom stereocenters. The van der Waals surface area contributed by atoms with E-state index >= 15 is 0 Å². The van der Waals surface area contributed by atoms with Crippen LogP contribution in [-0.4, -0.2) is 71.1 Å². The molecule has 9 heteroatoms. The molecule has 170 valence electrons. The zero-order chi connectivity index (χ0) is 23.3. The minimum Gasteiger partial charge on any atom is -0.360 e. The minimum absolute atomic E-state index is 0.0382. The number of aromatic nitrogens is 2. The first-order valence-electron chi connectivity index (χ1n) is 10.6. The lowest BCUT2D eigenvalue weighted by molar-refractivity contribution is -0.130. The Labute approximate surface area is 187 Å². The molecular formula is C23H29FN6O2. The molecule has 0 spiro atoms. The lowest BCUT2D eigenvalue weighted by atomic mass is 10.0. The highest BCUT2D eigenvalue weighted by molar-refractivity contribution is 5.91. The molecule has 0 aliphatic carbocycles. The van der Waals surface area contributed by atoms with Gasteiger partial charge in [0.15, 0.2) is 5.69 Å². The number of aryl methyl sites for hydroxylation is 1. The number of piperazine rings is 1. The molecule has 2 aromatic rings. The number of benzene rings is 1. The first-order valence-corrected chi connectivity index (χ1v) is 10.6. The molecule has 0 radical (unpaired) electrons. The van der Waals surface area contributed by atoms with Crippen LogP contribution in [0.1, 0.15) is 34.6 Å². The van der Waals surface area contributed by atoms with Crippen LogP contribution < -0.4 is 10.6 Å². The molecule has 2 amide bonds. The normalized spacial score (nSPS) is 17.5. The fourth-order valence-electron chi connectivity index (χ4n) is 3.80. The first-order chi connectivity index (χ1) is 15.3. The van der Waals surface area contributed by atoms with Crippen LogP contribution in [0.3, 0.4) is 0 Å². The van der Waals surface area contributed by atoms with Crippen LogP contribution in [0.15, 0.2) is 43.0 Å². The van der Waals surface area contributed by atoms with Crippen molar-refractivity contribution in [1.29, 1.82) is 0 Å². The van der Waals surface area contributed by atoms with Gasteiger partial charge in [-0.25, -0.2) is 4.39 Å². The summed E-state index contributed by atoms with van der Waals surface area (Å²) in [7, 11) is 1.53. The van der Waals surface area contributed by atoms with Gasteiger partial charge in [-0.15, -0.1) is 10.2 Å². The van der Waals surface area contributed by atoms with Crippen LogP contribution in [0.2, 0.25) is 0 Å². The van der Waals surface area contributed by atoms with Crippen molar-refractivity contribution < 1.29 is 14.0 Å². The smallest absolute Gasteiger partial charge is 0.271 e. The SMILES string of the molecule is C=CC(=O)N1CCN(C[C@@H](Nc2ccc(C(=O)NC)nn2)c2ccc(C)c(F)c2)C[C@H]1C. The molecule has 1 saturated heterocycles. The second-order valence-corrected chi connectivity index (χ2v) is 7.93. The Morgan fingerprint density at radius 2 is 2.06 bits per heavy atom. The standard InChI is InChI=1S/C23H29FN6O2/c1-5-22(31)30-11-10-29(13-16(30)3)14-20(17-7-6-15(2)18(24)12-17)26-21-9-8-19(27-28-21)23(32)25-4/h5-9,12,16,20H,1,10-11,13-14H2,2-4H3,(H,25,32)(H,26,28)/t16-,20-/m1/s1. The molecular weight excluding hydrogens is 411 g/mol. The molecule has 2 N–H and O–H groups in total. The number of hydrogen-bond acceptors (Lipinski definition) is 6. The highest BCUT2D eigenvalue weighted by Crippen LogP contribution is 2.23. The van der Waals surface area contributed by atoms with Crippen molar-refractivity contribution in [3.63, 3.8) is 0 Å². The first kappa shape index (κ1) is 23.3. The van der Waals surface area contributed by atoms with Crippen LogP contribution in [0.5, 0.6) is 0 Å². The highest BCUT2D eigenvalue weighted by atomic mass is 19.1. The van der Waals surface area contributed by atoms with Crippen molar-refractivity contribution in [2.75, 3.05) is 38.5 Å². The van der Waals surface area contributed by atoms with Crippen molar-refractivity contribution >= 4 is 17.6 Å². The molecule has 1 aliphatic heterocycles. The Balaban J connectivity index is 1.79. The van der Waals surface area contributed by atoms with Crippen molar-refractivity contribution in [3.8, 4) is 0 Å². The van der Waals surface area contributed by atoms with E-state index < -0.39 is 0 Å². The summed E-state index contributed by atoms with van der Waals surface area (Å²) in [6, 6.07) is 8.21. The third-order valence-electron chi connectivity index (χ3n) is 5.65. The molecule has 1 aromatic carbocycles. The van der Waals surface area contributed by atoms with E-state index in [1.54, 1.807) is 30.0 Å². The van der Waals surface area contributed by atoms with Gasteiger partial charge in [-0.3, -0.25) is 14.5 Å². The van der Waals surface area contributed by atoms with Gasteiger partial charge in [-0.1, -0.05) is 18.7 Å². The fourth-order valence-corrected chi connectivity index (χ4v) is 3.80. The van der Waals surface area contributed by atoms with Crippen LogP contribution in [0, 0.1) is 12.7 Å². The van der Waals surface area contributed by atoms with Gasteiger partial charge in [0.25, 0.3) is 5.91 Å². The number of halogens is 1. The predicted molar refractivity (Wildman–Crippen MR) is 121 cm³/mol. The molecule has 3 rings (SSSR count). The van der Waals surface area contributed by atoms with Gasteiger partial charge in [0.1, 0.15) is 11.6 Å². The number of carbonyl (C=O) groups excluding carboxylic acids is 2. The van der Waals surface area contributed by atoms with E-state index in [1.807, 2.05) is 13.0 Å². The Morgan fingerprint density at radius 3 is 2.66 bits per heavy atom. The molecule has 1 fully saturated rings. The van der Waals surface area contributed by atoms with Gasteiger partial charge in [0.2, 0.25) is 5.91 Å². The van der Waals surface area contributed by atoms with E-state index in [4.69, 9.17) is 0 Å². The molecule has 1 aliphatic rings. The molecule has 32 heavy (non-hydrogen) atoms. The maximum absolute atomic E-state index is 14.3. The third-order valence-corrected chi connectivity index (χ3v) is 5.65. The summed E-state index contributed by atoms with van der Waals surface area (Å²) in [6.45, 7) is 9.87. The Morgan fingerprint density at radius 1 is 1.28 bits per heavy atom. The second-order valence-electron chi connectivity index (χ2n) is 7.93. The zero-order valence-electron chi connectivity index (χ0n) is 18.6. The summed E-state index contributed by atoms with van der Waals surface area (Å²) in [6.07, 6.45) is 1.34. The second kappa shape index (κ2) is 10.3. The molecule has 0 unspecified atom stereocenters. The zero-order valence-corrected chi connectivity index (χ0v) is 18.6. The Kier molecular flexibility index (Phi) is 7.53. The lowest BCUT2D eigenvalue weighted by Crippen LogP contribution is -2.54. The highest BCUT2D eigenvalue weighted by Gasteiger charge is 2.28. The van der Waals surface area contributed by atoms with E-state index in [2.05, 4.69) is 32.3 Å². The third kappa shape index (κ3) is 5.47. The van der Waals surface area contributed by atoms with E-state index in [0.29, 0.717) is 37.6 Å². The quantitative estimate of drug-likeness (QED) is 0.642. The number of anilines is 1. The predicted octanol–water partition coefficient (Wildman–Crippen LogP) is 2.16. The van der Waals surface area contributed by atoms with E-state index in [9.17, 15) is 14.0 Å². The monoisotopic (exact) mass is 440 g/mol. The molecule has 2 heterocycles. The number of nitrogens with one attached hydrogen (secondary N) is 2. The van der Waals surface area contributed by atoms with Crippen molar-refractivity contribution in [2.24, 2.45) is 0 Å². The average Bonchev–Trinajstić information content (AvgIpc) is 2.80. The van der Waals surface area contributed by atoms with Gasteiger partial charge in [0.05, 0.1) is 6.04 Å². The molecule has 1 aromatic heterocycles. The number of nitrogens with zero attached hydrogens (tertiary/aromatic N) is 4.